The smallest absolute Gasteiger partial charge is 0.406 e. The summed E-state index contributed by atoms with van der Waals surface area (Å²) in [4.78, 5) is 20.3. The summed E-state index contributed by atoms with van der Waals surface area (Å²) >= 11 is 0. The average molecular weight is 158 g/mol. The minimum Gasteiger partial charge on any atom is -0.453 e. The second kappa shape index (κ2) is 5.70. The van der Waals surface area contributed by atoms with Crippen LogP contribution in [0.25, 0.3) is 0 Å². The lowest BCUT2D eigenvalue weighted by Crippen LogP contribution is -2.28. The van der Waals surface area contributed by atoms with E-state index in [0.29, 0.717) is 13.0 Å². The van der Waals surface area contributed by atoms with Gasteiger partial charge in [-0.2, -0.15) is 0 Å². The van der Waals surface area contributed by atoms with E-state index in [9.17, 15) is 9.59 Å². The largest absolute Gasteiger partial charge is 0.453 e. The predicted octanol–water partition coefficient (Wildman–Crippen LogP) is 0.478. The van der Waals surface area contributed by atoms with Gasteiger partial charge in [0.15, 0.2) is 6.29 Å². The molecule has 0 aromatic heterocycles. The minimum absolute atomic E-state index is 0.117. The van der Waals surface area contributed by atoms with Gasteiger partial charge < -0.3 is 10.1 Å². The number of rotatable bonds is 4. The summed E-state index contributed by atoms with van der Waals surface area (Å²) in [5, 5.41) is 2.48. The number of ether oxygens (including phenoxy) is 1. The lowest BCUT2D eigenvalue weighted by atomic mass is 10.1. The molecule has 0 aliphatic rings. The maximum absolute atomic E-state index is 10.5. The van der Waals surface area contributed by atoms with E-state index >= 15 is 0 Å². The Morgan fingerprint density at radius 1 is 1.73 bits per heavy atom. The zero-order valence-electron chi connectivity index (χ0n) is 6.72. The van der Waals surface area contributed by atoms with Crippen molar-refractivity contribution in [1.82, 2.24) is 5.32 Å². The Morgan fingerprint density at radius 2 is 2.36 bits per heavy atom. The highest BCUT2D eigenvalue weighted by Gasteiger charge is 2.03. The van der Waals surface area contributed by atoms with Crippen LogP contribution in [0.1, 0.15) is 13.3 Å². The molecule has 0 heterocycles. The van der Waals surface area contributed by atoms with Crippen LogP contribution in [0, 0.1) is 5.92 Å². The fourth-order valence-corrected chi connectivity index (χ4v) is 0.544. The zero-order valence-corrected chi connectivity index (χ0v) is 6.72. The molecule has 0 bridgehead atoms. The van der Waals surface area contributed by atoms with Crippen molar-refractivity contribution < 1.29 is 14.3 Å². The first-order valence-corrected chi connectivity index (χ1v) is 3.37. The molecule has 4 heteroatoms. The van der Waals surface area contributed by atoms with Crippen LogP contribution in [0.2, 0.25) is 0 Å². The summed E-state index contributed by atoms with van der Waals surface area (Å²) in [5.41, 5.74) is 0. The fourth-order valence-electron chi connectivity index (χ4n) is 0.544. The Balaban J connectivity index is 3.36. The van der Waals surface area contributed by atoms with Crippen molar-refractivity contribution in [3.63, 3.8) is 0 Å². The maximum atomic E-state index is 10.5. The number of amides is 1. The van der Waals surface area contributed by atoms with Gasteiger partial charge in [0.25, 0.3) is 0 Å². The molecule has 0 fully saturated rings. The average Bonchev–Trinajstić information content (AvgIpc) is 2.01. The van der Waals surface area contributed by atoms with Crippen LogP contribution >= 0.6 is 0 Å². The standard InChI is InChI=1S/C7H12NO3/c1-6(3-4-9)5-8-7(10)11-2/h6H,3,5H2,1-2H3,(H,8,10). The second-order valence-electron chi connectivity index (χ2n) is 2.33. The summed E-state index contributed by atoms with van der Waals surface area (Å²) in [6.45, 7) is 2.29. The molecule has 0 saturated carbocycles. The fraction of sp³-hybridized carbons (Fsp3) is 0.714. The highest BCUT2D eigenvalue weighted by Crippen LogP contribution is 1.95. The van der Waals surface area contributed by atoms with Crippen LogP contribution in [0.5, 0.6) is 0 Å². The van der Waals surface area contributed by atoms with Crippen LogP contribution in [0.15, 0.2) is 0 Å². The van der Waals surface area contributed by atoms with Gasteiger partial charge in [-0.25, -0.2) is 4.79 Å². The van der Waals surface area contributed by atoms with Gasteiger partial charge in [0.05, 0.1) is 7.11 Å². The van der Waals surface area contributed by atoms with Crippen LogP contribution in [0.3, 0.4) is 0 Å². The van der Waals surface area contributed by atoms with Gasteiger partial charge in [-0.1, -0.05) is 6.92 Å². The Labute approximate surface area is 65.9 Å². The van der Waals surface area contributed by atoms with E-state index in [1.807, 2.05) is 6.92 Å². The number of carbonyl (C=O) groups is 1. The molecule has 1 N–H and O–H groups in total. The molecule has 0 spiro atoms. The van der Waals surface area contributed by atoms with E-state index in [2.05, 4.69) is 10.1 Å². The third-order valence-electron chi connectivity index (χ3n) is 1.21. The lowest BCUT2D eigenvalue weighted by Gasteiger charge is -2.07. The van der Waals surface area contributed by atoms with E-state index in [0.717, 1.165) is 0 Å². The highest BCUT2D eigenvalue weighted by atomic mass is 16.5. The van der Waals surface area contributed by atoms with Crippen molar-refractivity contribution in [1.29, 1.82) is 0 Å². The van der Waals surface area contributed by atoms with Gasteiger partial charge >= 0.3 is 6.09 Å². The first-order chi connectivity index (χ1) is 5.20. The Bertz CT molecular complexity index is 136. The van der Waals surface area contributed by atoms with E-state index in [4.69, 9.17) is 0 Å². The SMILES string of the molecule is COC(=O)NCC(C)C[C]=O. The first-order valence-electron chi connectivity index (χ1n) is 3.37. The minimum atomic E-state index is -0.470. The summed E-state index contributed by atoms with van der Waals surface area (Å²) in [7, 11) is 1.30. The molecule has 0 rings (SSSR count). The van der Waals surface area contributed by atoms with E-state index in [1.54, 1.807) is 6.29 Å². The maximum Gasteiger partial charge on any atom is 0.406 e. The van der Waals surface area contributed by atoms with Crippen molar-refractivity contribution in [3.8, 4) is 0 Å². The van der Waals surface area contributed by atoms with Gasteiger partial charge in [-0.3, -0.25) is 4.79 Å². The van der Waals surface area contributed by atoms with Crippen molar-refractivity contribution in [3.05, 3.63) is 0 Å². The van der Waals surface area contributed by atoms with Gasteiger partial charge in [0.2, 0.25) is 0 Å². The number of hydrogen-bond donors (Lipinski definition) is 1. The summed E-state index contributed by atoms with van der Waals surface area (Å²) in [6.07, 6.45) is 1.63. The van der Waals surface area contributed by atoms with Crippen molar-refractivity contribution >= 4 is 12.4 Å². The molecular formula is C7H12NO3. The van der Waals surface area contributed by atoms with Crippen molar-refractivity contribution in [2.75, 3.05) is 13.7 Å². The van der Waals surface area contributed by atoms with E-state index in [1.165, 1.54) is 7.11 Å². The van der Waals surface area contributed by atoms with Crippen LogP contribution in [0.4, 0.5) is 4.79 Å². The van der Waals surface area contributed by atoms with Crippen molar-refractivity contribution in [2.45, 2.75) is 13.3 Å². The molecule has 4 nitrogen and oxygen atoms in total. The van der Waals surface area contributed by atoms with Gasteiger partial charge in [0, 0.05) is 13.0 Å². The number of carbonyl (C=O) groups excluding carboxylic acids is 2. The second-order valence-corrected chi connectivity index (χ2v) is 2.33. The summed E-state index contributed by atoms with van der Waals surface area (Å²) in [6, 6.07) is 0. The molecular weight excluding hydrogens is 146 g/mol. The topological polar surface area (TPSA) is 55.4 Å². The van der Waals surface area contributed by atoms with Crippen LogP contribution < -0.4 is 5.32 Å². The van der Waals surface area contributed by atoms with Crippen LogP contribution in [-0.4, -0.2) is 26.0 Å². The van der Waals surface area contributed by atoms with Gasteiger partial charge in [-0.15, -0.1) is 0 Å². The predicted molar refractivity (Wildman–Crippen MR) is 39.9 cm³/mol. The van der Waals surface area contributed by atoms with E-state index in [-0.39, 0.29) is 5.92 Å². The number of methoxy groups -OCH3 is 1. The van der Waals surface area contributed by atoms with E-state index < -0.39 is 6.09 Å². The lowest BCUT2D eigenvalue weighted by molar-refractivity contribution is 0.169. The molecule has 0 aliphatic heterocycles. The highest BCUT2D eigenvalue weighted by molar-refractivity contribution is 5.66. The molecule has 1 amide bonds. The van der Waals surface area contributed by atoms with Gasteiger partial charge in [-0.05, 0) is 5.92 Å². The van der Waals surface area contributed by atoms with Gasteiger partial charge in [0.1, 0.15) is 0 Å². The molecule has 0 aromatic rings. The number of nitrogens with one attached hydrogen (secondary N) is 1. The Hall–Kier alpha value is -1.06. The quantitative estimate of drug-likeness (QED) is 0.647. The molecule has 63 valence electrons. The Kier molecular flexibility index (Phi) is 5.15. The molecule has 0 aliphatic carbocycles. The summed E-state index contributed by atoms with van der Waals surface area (Å²) in [5.74, 6) is 0.117. The molecule has 0 aromatic carbocycles. The molecule has 1 unspecified atom stereocenters. The van der Waals surface area contributed by atoms with Crippen molar-refractivity contribution in [2.24, 2.45) is 5.92 Å². The molecule has 0 saturated heterocycles. The third kappa shape index (κ3) is 5.39. The molecule has 11 heavy (non-hydrogen) atoms. The molecule has 1 atom stereocenters. The normalized spacial score (nSPS) is 11.8. The Morgan fingerprint density at radius 3 is 2.82 bits per heavy atom. The van der Waals surface area contributed by atoms with Crippen LogP contribution in [-0.2, 0) is 9.53 Å². The first kappa shape index (κ1) is 9.94. The zero-order chi connectivity index (χ0) is 8.69. The molecule has 1 radical (unpaired) electrons. The monoisotopic (exact) mass is 158 g/mol. The third-order valence-corrected chi connectivity index (χ3v) is 1.21. The summed E-state index contributed by atoms with van der Waals surface area (Å²) < 4.78 is 4.33. The number of alkyl carbamates (subject to hydrolysis) is 1. The number of hydrogen-bond acceptors (Lipinski definition) is 3.